The Morgan fingerprint density at radius 2 is 2.23 bits per heavy atom. The molecule has 6 nitrogen and oxygen atoms in total. The lowest BCUT2D eigenvalue weighted by molar-refractivity contribution is -0.136. The number of ether oxygens (including phenoxy) is 1. The summed E-state index contributed by atoms with van der Waals surface area (Å²) in [6.07, 6.45) is 0. The third-order valence-corrected chi connectivity index (χ3v) is 3.76. The standard InChI is InChI=1S/C14H14BrClN2O4/c1-22-14(21)11-7-18(2-3-19)13(20)12(11)17-10-5-8(15)4-9(16)6-10/h4-6,17,19H,2-3,7H2,1H3. The van der Waals surface area contributed by atoms with Crippen molar-refractivity contribution < 1.29 is 19.4 Å². The Labute approximate surface area is 140 Å². The topological polar surface area (TPSA) is 78.9 Å². The summed E-state index contributed by atoms with van der Waals surface area (Å²) in [7, 11) is 1.25. The van der Waals surface area contributed by atoms with Gasteiger partial charge in [0.15, 0.2) is 0 Å². The first kappa shape index (κ1) is 16.8. The van der Waals surface area contributed by atoms with Crippen molar-refractivity contribution in [2.75, 3.05) is 32.1 Å². The third-order valence-electron chi connectivity index (χ3n) is 3.09. The van der Waals surface area contributed by atoms with Gasteiger partial charge in [0, 0.05) is 21.7 Å². The molecule has 0 radical (unpaired) electrons. The van der Waals surface area contributed by atoms with Gasteiger partial charge in [-0.1, -0.05) is 27.5 Å². The van der Waals surface area contributed by atoms with Gasteiger partial charge in [-0.2, -0.15) is 0 Å². The lowest BCUT2D eigenvalue weighted by atomic mass is 10.2. The van der Waals surface area contributed by atoms with Gasteiger partial charge in [-0.3, -0.25) is 4.79 Å². The van der Waals surface area contributed by atoms with Crippen LogP contribution >= 0.6 is 27.5 Å². The van der Waals surface area contributed by atoms with Crippen molar-refractivity contribution in [3.05, 3.63) is 39.0 Å². The normalized spacial score (nSPS) is 14.5. The molecule has 1 aromatic rings. The van der Waals surface area contributed by atoms with E-state index in [2.05, 4.69) is 21.2 Å². The smallest absolute Gasteiger partial charge is 0.337 e. The number of aliphatic hydroxyl groups is 1. The van der Waals surface area contributed by atoms with Crippen LogP contribution in [0, 0.1) is 0 Å². The molecule has 0 aromatic heterocycles. The van der Waals surface area contributed by atoms with Crippen LogP contribution in [0.25, 0.3) is 0 Å². The van der Waals surface area contributed by atoms with Gasteiger partial charge in [0.25, 0.3) is 5.91 Å². The minimum atomic E-state index is -0.586. The summed E-state index contributed by atoms with van der Waals surface area (Å²) in [5.41, 5.74) is 0.918. The number of amides is 1. The molecule has 22 heavy (non-hydrogen) atoms. The van der Waals surface area contributed by atoms with E-state index in [9.17, 15) is 9.59 Å². The predicted molar refractivity (Wildman–Crippen MR) is 85.5 cm³/mol. The van der Waals surface area contributed by atoms with Crippen molar-refractivity contribution in [1.29, 1.82) is 0 Å². The van der Waals surface area contributed by atoms with E-state index in [0.29, 0.717) is 10.7 Å². The molecule has 118 valence electrons. The Kier molecular flexibility index (Phi) is 5.44. The molecule has 0 unspecified atom stereocenters. The number of aliphatic hydroxyl groups excluding tert-OH is 1. The molecule has 0 bridgehead atoms. The van der Waals surface area contributed by atoms with Crippen LogP contribution in [-0.2, 0) is 14.3 Å². The van der Waals surface area contributed by atoms with E-state index < -0.39 is 5.97 Å². The monoisotopic (exact) mass is 388 g/mol. The number of carbonyl (C=O) groups excluding carboxylic acids is 2. The second-order valence-corrected chi connectivity index (χ2v) is 5.93. The van der Waals surface area contributed by atoms with Gasteiger partial charge in [-0.15, -0.1) is 0 Å². The summed E-state index contributed by atoms with van der Waals surface area (Å²) >= 11 is 9.28. The second-order valence-electron chi connectivity index (χ2n) is 4.58. The number of methoxy groups -OCH3 is 1. The largest absolute Gasteiger partial charge is 0.466 e. The fourth-order valence-corrected chi connectivity index (χ4v) is 2.98. The summed E-state index contributed by atoms with van der Waals surface area (Å²) in [4.78, 5) is 25.6. The number of hydrogen-bond acceptors (Lipinski definition) is 5. The number of halogens is 2. The molecule has 1 aliphatic rings. The molecule has 1 aliphatic heterocycles. The lowest BCUT2D eigenvalue weighted by Crippen LogP contribution is -2.31. The first-order valence-electron chi connectivity index (χ1n) is 6.41. The first-order valence-corrected chi connectivity index (χ1v) is 7.58. The molecule has 1 aromatic carbocycles. The first-order chi connectivity index (χ1) is 10.5. The maximum atomic E-state index is 12.3. The van der Waals surface area contributed by atoms with E-state index in [1.807, 2.05) is 0 Å². The number of nitrogens with one attached hydrogen (secondary N) is 1. The van der Waals surface area contributed by atoms with Crippen molar-refractivity contribution in [3.63, 3.8) is 0 Å². The van der Waals surface area contributed by atoms with Crippen LogP contribution < -0.4 is 5.32 Å². The Hall–Kier alpha value is -1.57. The quantitative estimate of drug-likeness (QED) is 0.751. The molecular formula is C14H14BrClN2O4. The SMILES string of the molecule is COC(=O)C1=C(Nc2cc(Cl)cc(Br)c2)C(=O)N(CCO)C1. The maximum Gasteiger partial charge on any atom is 0.337 e. The molecule has 0 atom stereocenters. The van der Waals surface area contributed by atoms with Crippen LogP contribution in [0.4, 0.5) is 5.69 Å². The molecule has 0 saturated heterocycles. The van der Waals surface area contributed by atoms with Crippen molar-refractivity contribution in [2.45, 2.75) is 0 Å². The van der Waals surface area contributed by atoms with Gasteiger partial charge in [-0.05, 0) is 18.2 Å². The Balaban J connectivity index is 2.34. The Morgan fingerprint density at radius 1 is 1.50 bits per heavy atom. The van der Waals surface area contributed by atoms with E-state index in [1.165, 1.54) is 12.0 Å². The summed E-state index contributed by atoms with van der Waals surface area (Å²) < 4.78 is 5.45. The summed E-state index contributed by atoms with van der Waals surface area (Å²) in [5, 5.41) is 12.4. The average Bonchev–Trinajstić information content (AvgIpc) is 2.75. The molecule has 0 spiro atoms. The van der Waals surface area contributed by atoms with Crippen molar-refractivity contribution in [2.24, 2.45) is 0 Å². The zero-order valence-corrected chi connectivity index (χ0v) is 14.1. The van der Waals surface area contributed by atoms with Crippen molar-refractivity contribution in [1.82, 2.24) is 4.90 Å². The summed E-state index contributed by atoms with van der Waals surface area (Å²) in [5.74, 6) is -0.956. The van der Waals surface area contributed by atoms with Crippen LogP contribution in [0.1, 0.15) is 0 Å². The highest BCUT2D eigenvalue weighted by Gasteiger charge is 2.34. The highest BCUT2D eigenvalue weighted by molar-refractivity contribution is 9.10. The van der Waals surface area contributed by atoms with Gasteiger partial charge >= 0.3 is 5.97 Å². The van der Waals surface area contributed by atoms with Gasteiger partial charge in [-0.25, -0.2) is 4.79 Å². The highest BCUT2D eigenvalue weighted by atomic mass is 79.9. The van der Waals surface area contributed by atoms with Crippen LogP contribution in [0.15, 0.2) is 33.9 Å². The van der Waals surface area contributed by atoms with E-state index in [1.54, 1.807) is 18.2 Å². The fraction of sp³-hybridized carbons (Fsp3) is 0.286. The number of nitrogens with zero attached hydrogens (tertiary/aromatic N) is 1. The van der Waals surface area contributed by atoms with Gasteiger partial charge < -0.3 is 20.1 Å². The molecule has 8 heteroatoms. The van der Waals surface area contributed by atoms with E-state index >= 15 is 0 Å². The zero-order valence-electron chi connectivity index (χ0n) is 11.7. The molecule has 0 saturated carbocycles. The van der Waals surface area contributed by atoms with Gasteiger partial charge in [0.05, 0.1) is 25.8 Å². The number of esters is 1. The van der Waals surface area contributed by atoms with Crippen molar-refractivity contribution >= 4 is 45.1 Å². The molecule has 2 rings (SSSR count). The highest BCUT2D eigenvalue weighted by Crippen LogP contribution is 2.27. The molecule has 1 amide bonds. The molecule has 1 heterocycles. The number of anilines is 1. The van der Waals surface area contributed by atoms with E-state index in [0.717, 1.165) is 4.47 Å². The summed E-state index contributed by atoms with van der Waals surface area (Å²) in [6, 6.07) is 5.07. The minimum absolute atomic E-state index is 0.0934. The minimum Gasteiger partial charge on any atom is -0.466 e. The lowest BCUT2D eigenvalue weighted by Gasteiger charge is -2.15. The van der Waals surface area contributed by atoms with Crippen LogP contribution in [-0.4, -0.2) is 48.7 Å². The third kappa shape index (κ3) is 3.60. The molecular weight excluding hydrogens is 376 g/mol. The van der Waals surface area contributed by atoms with Gasteiger partial charge in [0.2, 0.25) is 0 Å². The van der Waals surface area contributed by atoms with Crippen molar-refractivity contribution in [3.8, 4) is 0 Å². The Morgan fingerprint density at radius 3 is 2.82 bits per heavy atom. The number of rotatable bonds is 5. The maximum absolute atomic E-state index is 12.3. The number of carbonyl (C=O) groups is 2. The van der Waals surface area contributed by atoms with E-state index in [4.69, 9.17) is 21.4 Å². The van der Waals surface area contributed by atoms with Gasteiger partial charge in [0.1, 0.15) is 5.70 Å². The second kappa shape index (κ2) is 7.13. The van der Waals surface area contributed by atoms with E-state index in [-0.39, 0.29) is 36.9 Å². The number of benzene rings is 1. The Bertz CT molecular complexity index is 627. The summed E-state index contributed by atoms with van der Waals surface area (Å²) in [6.45, 7) is 0.0517. The molecule has 0 aliphatic carbocycles. The van der Waals surface area contributed by atoms with Crippen LogP contribution in [0.3, 0.4) is 0 Å². The van der Waals surface area contributed by atoms with Crippen LogP contribution in [0.2, 0.25) is 5.02 Å². The number of β-amino-alcohol motifs (C(OH)–C–C–N with tert-alkyl or cyclic N) is 1. The zero-order chi connectivity index (χ0) is 16.3. The fourth-order valence-electron chi connectivity index (χ4n) is 2.12. The predicted octanol–water partition coefficient (Wildman–Crippen LogP) is 1.78. The number of hydrogen-bond donors (Lipinski definition) is 2. The van der Waals surface area contributed by atoms with Crippen LogP contribution in [0.5, 0.6) is 0 Å². The molecule has 0 fully saturated rings. The molecule has 2 N–H and O–H groups in total. The average molecular weight is 390 g/mol.